The van der Waals surface area contributed by atoms with Crippen LogP contribution >= 0.6 is 0 Å². The number of carbonyl (C=O) groups is 2. The number of ether oxygens (including phenoxy) is 1. The summed E-state index contributed by atoms with van der Waals surface area (Å²) >= 11 is 0. The van der Waals surface area contributed by atoms with Crippen molar-refractivity contribution >= 4 is 28.6 Å². The van der Waals surface area contributed by atoms with E-state index in [1.165, 1.54) is 6.92 Å². The summed E-state index contributed by atoms with van der Waals surface area (Å²) < 4.78 is 16.4. The van der Waals surface area contributed by atoms with Crippen molar-refractivity contribution in [2.75, 3.05) is 5.32 Å². The summed E-state index contributed by atoms with van der Waals surface area (Å²) in [6.07, 6.45) is 2.11. The number of fused-ring (bicyclic) bond motifs is 1. The van der Waals surface area contributed by atoms with Crippen molar-refractivity contribution in [2.24, 2.45) is 0 Å². The van der Waals surface area contributed by atoms with Crippen LogP contribution in [0.5, 0.6) is 0 Å². The number of hydrogen-bond acceptors (Lipinski definition) is 7. The van der Waals surface area contributed by atoms with Gasteiger partial charge in [-0.05, 0) is 61.5 Å². The minimum absolute atomic E-state index is 0.248. The summed E-state index contributed by atoms with van der Waals surface area (Å²) in [6, 6.07) is 20.9. The molecule has 3 heterocycles. The molecule has 0 spiro atoms. The highest BCUT2D eigenvalue weighted by molar-refractivity contribution is 5.98. The van der Waals surface area contributed by atoms with E-state index in [0.717, 1.165) is 0 Å². The van der Waals surface area contributed by atoms with Crippen LogP contribution in [0.4, 0.5) is 5.69 Å². The SMILES string of the molecule is CC(OC(=O)c1ccc2nc(-c3ccco3)c(-c3ccco3)nc2c1)C(=O)Nc1ccccc1. The van der Waals surface area contributed by atoms with Gasteiger partial charge in [-0.2, -0.15) is 0 Å². The van der Waals surface area contributed by atoms with Gasteiger partial charge < -0.3 is 18.9 Å². The first-order chi connectivity index (χ1) is 16.6. The van der Waals surface area contributed by atoms with Gasteiger partial charge >= 0.3 is 5.97 Å². The zero-order valence-electron chi connectivity index (χ0n) is 18.1. The van der Waals surface area contributed by atoms with Gasteiger partial charge in [-0.3, -0.25) is 4.79 Å². The Morgan fingerprint density at radius 3 is 2.09 bits per heavy atom. The molecule has 2 aromatic carbocycles. The Bertz CT molecular complexity index is 1450. The molecule has 1 unspecified atom stereocenters. The second-order valence-corrected chi connectivity index (χ2v) is 7.48. The lowest BCUT2D eigenvalue weighted by atomic mass is 10.1. The van der Waals surface area contributed by atoms with Crippen LogP contribution in [-0.2, 0) is 9.53 Å². The predicted molar refractivity (Wildman–Crippen MR) is 125 cm³/mol. The van der Waals surface area contributed by atoms with Crippen molar-refractivity contribution in [3.63, 3.8) is 0 Å². The molecule has 8 nitrogen and oxygen atoms in total. The highest BCUT2D eigenvalue weighted by Gasteiger charge is 2.21. The first-order valence-corrected chi connectivity index (χ1v) is 10.5. The summed E-state index contributed by atoms with van der Waals surface area (Å²) in [5.41, 5.74) is 2.90. The summed E-state index contributed by atoms with van der Waals surface area (Å²) in [5, 5.41) is 2.71. The largest absolute Gasteiger partial charge is 0.463 e. The van der Waals surface area contributed by atoms with Gasteiger partial charge in [0.1, 0.15) is 11.4 Å². The third-order valence-corrected chi connectivity index (χ3v) is 5.10. The average molecular weight is 453 g/mol. The van der Waals surface area contributed by atoms with Crippen LogP contribution < -0.4 is 5.32 Å². The summed E-state index contributed by atoms with van der Waals surface area (Å²) in [4.78, 5) is 34.5. The summed E-state index contributed by atoms with van der Waals surface area (Å²) in [6.45, 7) is 1.52. The average Bonchev–Trinajstić information content (AvgIpc) is 3.58. The van der Waals surface area contributed by atoms with Gasteiger partial charge in [0, 0.05) is 5.69 Å². The fraction of sp³-hybridized carbons (Fsp3) is 0.0769. The molecule has 5 aromatic rings. The number of esters is 1. The zero-order valence-corrected chi connectivity index (χ0v) is 18.1. The normalized spacial score (nSPS) is 11.8. The van der Waals surface area contributed by atoms with E-state index in [9.17, 15) is 9.59 Å². The molecule has 0 radical (unpaired) electrons. The molecule has 0 bridgehead atoms. The van der Waals surface area contributed by atoms with Gasteiger partial charge in [-0.15, -0.1) is 0 Å². The third kappa shape index (κ3) is 4.29. The molecule has 0 aliphatic rings. The summed E-state index contributed by atoms with van der Waals surface area (Å²) in [7, 11) is 0. The first-order valence-electron chi connectivity index (χ1n) is 10.5. The van der Waals surface area contributed by atoms with Gasteiger partial charge in [0.2, 0.25) is 0 Å². The molecular weight excluding hydrogens is 434 g/mol. The maximum Gasteiger partial charge on any atom is 0.338 e. The Hall–Kier alpha value is -4.72. The maximum absolute atomic E-state index is 12.7. The van der Waals surface area contributed by atoms with Crippen molar-refractivity contribution in [1.82, 2.24) is 9.97 Å². The fourth-order valence-corrected chi connectivity index (χ4v) is 3.40. The van der Waals surface area contributed by atoms with Crippen molar-refractivity contribution in [3.05, 3.63) is 90.9 Å². The van der Waals surface area contributed by atoms with Gasteiger partial charge in [0.15, 0.2) is 17.6 Å². The zero-order chi connectivity index (χ0) is 23.5. The van der Waals surface area contributed by atoms with Crippen LogP contribution in [0.25, 0.3) is 33.9 Å². The molecule has 1 atom stereocenters. The fourth-order valence-electron chi connectivity index (χ4n) is 3.40. The quantitative estimate of drug-likeness (QED) is 0.346. The van der Waals surface area contributed by atoms with E-state index in [-0.39, 0.29) is 5.56 Å². The van der Waals surface area contributed by atoms with Crippen LogP contribution in [0.15, 0.2) is 94.2 Å². The molecule has 0 saturated carbocycles. The number of carbonyl (C=O) groups excluding carboxylic acids is 2. The Morgan fingerprint density at radius 2 is 1.47 bits per heavy atom. The van der Waals surface area contributed by atoms with Crippen LogP contribution in [0, 0.1) is 0 Å². The number of benzene rings is 2. The third-order valence-electron chi connectivity index (χ3n) is 5.10. The smallest absolute Gasteiger partial charge is 0.338 e. The second kappa shape index (κ2) is 9.03. The van der Waals surface area contributed by atoms with Crippen molar-refractivity contribution in [2.45, 2.75) is 13.0 Å². The van der Waals surface area contributed by atoms with E-state index < -0.39 is 18.0 Å². The van der Waals surface area contributed by atoms with E-state index in [1.807, 2.05) is 6.07 Å². The maximum atomic E-state index is 12.7. The van der Waals surface area contributed by atoms with E-state index in [4.69, 9.17) is 13.6 Å². The van der Waals surface area contributed by atoms with Crippen molar-refractivity contribution < 1.29 is 23.2 Å². The Morgan fingerprint density at radius 1 is 0.824 bits per heavy atom. The monoisotopic (exact) mass is 453 g/mol. The minimum Gasteiger partial charge on any atom is -0.463 e. The minimum atomic E-state index is -0.991. The van der Waals surface area contributed by atoms with Crippen molar-refractivity contribution in [3.8, 4) is 22.9 Å². The number of anilines is 1. The molecule has 1 N–H and O–H groups in total. The molecular formula is C26H19N3O5. The molecule has 0 aliphatic heterocycles. The van der Waals surface area contributed by atoms with Crippen LogP contribution in [0.3, 0.4) is 0 Å². The molecule has 0 aliphatic carbocycles. The van der Waals surface area contributed by atoms with E-state index >= 15 is 0 Å². The summed E-state index contributed by atoms with van der Waals surface area (Å²) in [5.74, 6) is -0.0140. The standard InChI is InChI=1S/C26H19N3O5/c1-16(25(30)27-18-7-3-2-4-8-18)34-26(31)17-11-12-19-20(15-17)29-24(22-10-6-14-33-22)23(28-19)21-9-5-13-32-21/h2-16H,1H3,(H,27,30). The molecule has 0 saturated heterocycles. The second-order valence-electron chi connectivity index (χ2n) is 7.48. The molecule has 34 heavy (non-hydrogen) atoms. The van der Waals surface area contributed by atoms with Crippen LogP contribution in [-0.4, -0.2) is 27.9 Å². The number of amides is 1. The Balaban J connectivity index is 1.41. The molecule has 5 rings (SSSR count). The lowest BCUT2D eigenvalue weighted by molar-refractivity contribution is -0.123. The van der Waals surface area contributed by atoms with Crippen molar-refractivity contribution in [1.29, 1.82) is 0 Å². The predicted octanol–water partition coefficient (Wildman–Crippen LogP) is 5.33. The molecule has 3 aromatic heterocycles. The van der Waals surface area contributed by atoms with E-state index in [1.54, 1.807) is 79.3 Å². The number of nitrogens with zero attached hydrogens (tertiary/aromatic N) is 2. The number of rotatable bonds is 6. The van der Waals surface area contributed by atoms with E-state index in [2.05, 4.69) is 15.3 Å². The Kier molecular flexibility index (Phi) is 5.61. The number of furan rings is 2. The highest BCUT2D eigenvalue weighted by atomic mass is 16.5. The Labute approximate surface area is 194 Å². The van der Waals surface area contributed by atoms with Crippen LogP contribution in [0.1, 0.15) is 17.3 Å². The highest BCUT2D eigenvalue weighted by Crippen LogP contribution is 2.31. The topological polar surface area (TPSA) is 107 Å². The number of hydrogen-bond donors (Lipinski definition) is 1. The van der Waals surface area contributed by atoms with E-state index in [0.29, 0.717) is 39.6 Å². The van der Waals surface area contributed by atoms with Gasteiger partial charge in [0.25, 0.3) is 5.91 Å². The first kappa shape index (κ1) is 21.1. The lowest BCUT2D eigenvalue weighted by Crippen LogP contribution is -2.30. The number of aromatic nitrogens is 2. The number of para-hydroxylation sites is 1. The number of nitrogens with one attached hydrogen (secondary N) is 1. The molecule has 1 amide bonds. The van der Waals surface area contributed by atoms with Gasteiger partial charge in [0.05, 0.1) is 29.1 Å². The van der Waals surface area contributed by atoms with Crippen LogP contribution in [0.2, 0.25) is 0 Å². The molecule has 168 valence electrons. The molecule has 8 heteroatoms. The van der Waals surface area contributed by atoms with Gasteiger partial charge in [-0.25, -0.2) is 14.8 Å². The lowest BCUT2D eigenvalue weighted by Gasteiger charge is -2.14. The molecule has 0 fully saturated rings. The van der Waals surface area contributed by atoms with Gasteiger partial charge in [-0.1, -0.05) is 18.2 Å².